The molecule has 1 aromatic heterocycles. The highest BCUT2D eigenvalue weighted by Crippen LogP contribution is 2.44. The van der Waals surface area contributed by atoms with E-state index in [1.54, 1.807) is 23.5 Å². The second kappa shape index (κ2) is 11.2. The van der Waals surface area contributed by atoms with Gasteiger partial charge < -0.3 is 4.57 Å². The van der Waals surface area contributed by atoms with Crippen LogP contribution in [0.2, 0.25) is 0 Å². The molecule has 0 saturated heterocycles. The van der Waals surface area contributed by atoms with E-state index in [4.69, 9.17) is 0 Å². The minimum atomic E-state index is 1.17. The largest absolute Gasteiger partial charge is 0.309 e. The third-order valence-electron chi connectivity index (χ3n) is 9.04. The number of thioether (sulfide) groups is 2. The number of fused-ring (bicyclic) bond motifs is 5. The van der Waals surface area contributed by atoms with Gasteiger partial charge in [-0.2, -0.15) is 0 Å². The molecule has 0 aliphatic carbocycles. The zero-order valence-electron chi connectivity index (χ0n) is 25.9. The molecule has 0 saturated carbocycles. The molecule has 0 fully saturated rings. The van der Waals surface area contributed by atoms with Crippen molar-refractivity contribution in [2.75, 3.05) is 12.5 Å². The van der Waals surface area contributed by atoms with Gasteiger partial charge in [-0.1, -0.05) is 90.0 Å². The lowest BCUT2D eigenvalue weighted by molar-refractivity contribution is 1.18. The summed E-state index contributed by atoms with van der Waals surface area (Å²) in [7, 11) is 0. The van der Waals surface area contributed by atoms with Gasteiger partial charge in [-0.05, 0) is 119 Å². The first-order valence-corrected chi connectivity index (χ1v) is 17.8. The molecule has 0 amide bonds. The molecule has 8 aromatic rings. The van der Waals surface area contributed by atoms with Crippen molar-refractivity contribution in [1.82, 2.24) is 4.57 Å². The molecule has 1 heterocycles. The van der Waals surface area contributed by atoms with Crippen LogP contribution in [0.15, 0.2) is 137 Å². The van der Waals surface area contributed by atoms with Crippen LogP contribution in [0.5, 0.6) is 0 Å². The molecule has 0 spiro atoms. The molecule has 0 aliphatic rings. The Kier molecular flexibility index (Phi) is 6.97. The number of nitrogens with zero attached hydrogens (tertiary/aromatic N) is 1. The van der Waals surface area contributed by atoms with E-state index >= 15 is 0 Å². The summed E-state index contributed by atoms with van der Waals surface area (Å²) in [6, 6.07) is 47.7. The van der Waals surface area contributed by atoms with Crippen molar-refractivity contribution in [3.63, 3.8) is 0 Å². The number of hydrogen-bond acceptors (Lipinski definition) is 2. The Morgan fingerprint density at radius 2 is 0.867 bits per heavy atom. The SMILES string of the molecule is CSc1ccc2c(c1)c1cc(SC)ccc1n2-c1ccc(-c2c3ccccc3c(-c3cc(C)cc(C)c3)c3ccccc23)cc1. The first-order valence-electron chi connectivity index (χ1n) is 15.3. The van der Waals surface area contributed by atoms with Crippen molar-refractivity contribution >= 4 is 66.9 Å². The Labute approximate surface area is 272 Å². The molecular formula is C42H33NS2. The van der Waals surface area contributed by atoms with E-state index in [1.807, 2.05) is 0 Å². The van der Waals surface area contributed by atoms with E-state index in [0.29, 0.717) is 0 Å². The third-order valence-corrected chi connectivity index (χ3v) is 10.5. The monoisotopic (exact) mass is 615 g/mol. The van der Waals surface area contributed by atoms with Crippen molar-refractivity contribution in [3.8, 4) is 27.9 Å². The summed E-state index contributed by atoms with van der Waals surface area (Å²) in [5, 5.41) is 7.74. The fraction of sp³-hybridized carbons (Fsp3) is 0.0952. The maximum atomic E-state index is 2.42. The summed E-state index contributed by atoms with van der Waals surface area (Å²) in [6.07, 6.45) is 4.29. The molecule has 218 valence electrons. The van der Waals surface area contributed by atoms with Gasteiger partial charge in [0, 0.05) is 26.3 Å². The van der Waals surface area contributed by atoms with Crippen LogP contribution in [-0.4, -0.2) is 17.1 Å². The van der Waals surface area contributed by atoms with Crippen LogP contribution in [-0.2, 0) is 0 Å². The number of aryl methyl sites for hydroxylation is 2. The van der Waals surface area contributed by atoms with Gasteiger partial charge in [0.15, 0.2) is 0 Å². The maximum absolute atomic E-state index is 2.42. The second-order valence-corrected chi connectivity index (χ2v) is 13.6. The minimum Gasteiger partial charge on any atom is -0.309 e. The van der Waals surface area contributed by atoms with Gasteiger partial charge in [0.05, 0.1) is 11.0 Å². The number of hydrogen-bond donors (Lipinski definition) is 0. The van der Waals surface area contributed by atoms with Crippen molar-refractivity contribution in [2.45, 2.75) is 23.6 Å². The summed E-state index contributed by atoms with van der Waals surface area (Å²) in [4.78, 5) is 2.57. The molecule has 0 N–H and O–H groups in total. The molecule has 45 heavy (non-hydrogen) atoms. The van der Waals surface area contributed by atoms with Crippen molar-refractivity contribution < 1.29 is 0 Å². The van der Waals surface area contributed by atoms with Gasteiger partial charge in [-0.3, -0.25) is 0 Å². The minimum absolute atomic E-state index is 1.17. The second-order valence-electron chi connectivity index (χ2n) is 11.9. The van der Waals surface area contributed by atoms with Gasteiger partial charge in [0.2, 0.25) is 0 Å². The van der Waals surface area contributed by atoms with E-state index < -0.39 is 0 Å². The lowest BCUT2D eigenvalue weighted by atomic mass is 9.85. The molecule has 8 rings (SSSR count). The molecule has 7 aromatic carbocycles. The molecule has 0 radical (unpaired) electrons. The molecule has 3 heteroatoms. The van der Waals surface area contributed by atoms with Crippen LogP contribution >= 0.6 is 23.5 Å². The van der Waals surface area contributed by atoms with Crippen LogP contribution < -0.4 is 0 Å². The fourth-order valence-electron chi connectivity index (χ4n) is 7.16. The van der Waals surface area contributed by atoms with E-state index in [-0.39, 0.29) is 0 Å². The van der Waals surface area contributed by atoms with Crippen LogP contribution in [0.3, 0.4) is 0 Å². The highest BCUT2D eigenvalue weighted by atomic mass is 32.2. The normalized spacial score (nSPS) is 11.7. The Hall–Kier alpha value is -4.44. The quantitative estimate of drug-likeness (QED) is 0.140. The van der Waals surface area contributed by atoms with Gasteiger partial charge in [0.25, 0.3) is 0 Å². The van der Waals surface area contributed by atoms with Gasteiger partial charge in [-0.25, -0.2) is 0 Å². The predicted molar refractivity (Wildman–Crippen MR) is 200 cm³/mol. The Bertz CT molecular complexity index is 2280. The zero-order chi connectivity index (χ0) is 30.7. The average molecular weight is 616 g/mol. The van der Waals surface area contributed by atoms with Gasteiger partial charge in [0.1, 0.15) is 0 Å². The maximum Gasteiger partial charge on any atom is 0.0541 e. The van der Waals surface area contributed by atoms with Crippen molar-refractivity contribution in [3.05, 3.63) is 139 Å². The molecule has 0 bridgehead atoms. The molecule has 0 aliphatic heterocycles. The number of rotatable bonds is 5. The smallest absolute Gasteiger partial charge is 0.0541 e. The first-order chi connectivity index (χ1) is 22.0. The van der Waals surface area contributed by atoms with Gasteiger partial charge >= 0.3 is 0 Å². The van der Waals surface area contributed by atoms with Crippen molar-refractivity contribution in [2.24, 2.45) is 0 Å². The van der Waals surface area contributed by atoms with Crippen LogP contribution in [0.1, 0.15) is 11.1 Å². The molecule has 0 unspecified atom stereocenters. The Morgan fingerprint density at radius 3 is 1.31 bits per heavy atom. The van der Waals surface area contributed by atoms with E-state index in [0.717, 1.165) is 0 Å². The zero-order valence-corrected chi connectivity index (χ0v) is 27.5. The summed E-state index contributed by atoms with van der Waals surface area (Å²) in [5.74, 6) is 0. The highest BCUT2D eigenvalue weighted by molar-refractivity contribution is 7.98. The van der Waals surface area contributed by atoms with E-state index in [2.05, 4.69) is 158 Å². The molecule has 1 nitrogen and oxygen atoms in total. The fourth-order valence-corrected chi connectivity index (χ4v) is 8.04. The third kappa shape index (κ3) is 4.65. The van der Waals surface area contributed by atoms with Crippen LogP contribution in [0.25, 0.3) is 71.3 Å². The summed E-state index contributed by atoms with van der Waals surface area (Å²) >= 11 is 3.59. The lowest BCUT2D eigenvalue weighted by Crippen LogP contribution is -1.95. The summed E-state index contributed by atoms with van der Waals surface area (Å²) in [6.45, 7) is 4.38. The van der Waals surface area contributed by atoms with E-state index in [9.17, 15) is 0 Å². The lowest BCUT2D eigenvalue weighted by Gasteiger charge is -2.18. The topological polar surface area (TPSA) is 4.93 Å². The van der Waals surface area contributed by atoms with E-state index in [1.165, 1.54) is 92.2 Å². The van der Waals surface area contributed by atoms with Crippen molar-refractivity contribution in [1.29, 1.82) is 0 Å². The Morgan fingerprint density at radius 1 is 0.422 bits per heavy atom. The Balaban J connectivity index is 1.35. The average Bonchev–Trinajstić information content (AvgIpc) is 3.39. The summed E-state index contributed by atoms with van der Waals surface area (Å²) in [5.41, 5.74) is 11.3. The van der Waals surface area contributed by atoms with Gasteiger partial charge in [-0.15, -0.1) is 23.5 Å². The highest BCUT2D eigenvalue weighted by Gasteiger charge is 2.18. The van der Waals surface area contributed by atoms with Crippen LogP contribution in [0, 0.1) is 13.8 Å². The molecule has 0 atom stereocenters. The van der Waals surface area contributed by atoms with Crippen LogP contribution in [0.4, 0.5) is 0 Å². The number of aromatic nitrogens is 1. The predicted octanol–water partition coefficient (Wildman–Crippen LogP) is 12.5. The molecular weight excluding hydrogens is 583 g/mol. The summed E-state index contributed by atoms with van der Waals surface area (Å²) < 4.78 is 2.42. The first kappa shape index (κ1) is 28.1. The number of benzene rings is 7. The standard InChI is InChI=1S/C42H33NS2/c1-26-21-27(2)23-29(22-26)42-35-11-7-5-9-33(35)41(34-10-6-8-12-36(34)42)28-13-15-30(16-14-28)43-39-19-17-31(44-3)24-37(39)38-25-32(45-4)18-20-40(38)43/h5-25H,1-4H3.